The van der Waals surface area contributed by atoms with Crippen LogP contribution in [-0.2, 0) is 9.59 Å². The second-order valence-corrected chi connectivity index (χ2v) is 6.83. The Hall–Kier alpha value is -1.10. The minimum absolute atomic E-state index is 0.0208. The molecule has 2 fully saturated rings. The molecule has 0 aromatic rings. The summed E-state index contributed by atoms with van der Waals surface area (Å²) in [5, 5.41) is 15.8. The van der Waals surface area contributed by atoms with Crippen molar-refractivity contribution in [3.63, 3.8) is 0 Å². The Balaban J connectivity index is 1.98. The third kappa shape index (κ3) is 3.57. The predicted octanol–water partition coefficient (Wildman–Crippen LogP) is 1.91. The van der Waals surface area contributed by atoms with Gasteiger partial charge in [0.25, 0.3) is 0 Å². The number of amides is 1. The van der Waals surface area contributed by atoms with E-state index in [2.05, 4.69) is 17.6 Å². The number of rotatable bonds is 4. The third-order valence-corrected chi connectivity index (χ3v) is 5.42. The average Bonchev–Trinajstić information content (AvgIpc) is 2.49. The molecule has 21 heavy (non-hydrogen) atoms. The minimum Gasteiger partial charge on any atom is -0.481 e. The quantitative estimate of drug-likeness (QED) is 0.740. The van der Waals surface area contributed by atoms with Crippen LogP contribution >= 0.6 is 0 Å². The molecule has 3 N–H and O–H groups in total. The van der Waals surface area contributed by atoms with E-state index in [-0.39, 0.29) is 18.0 Å². The van der Waals surface area contributed by atoms with Crippen LogP contribution in [0.2, 0.25) is 0 Å². The highest BCUT2D eigenvalue weighted by Crippen LogP contribution is 2.36. The summed E-state index contributed by atoms with van der Waals surface area (Å²) >= 11 is 0. The predicted molar refractivity (Wildman–Crippen MR) is 80.9 cm³/mol. The number of carbonyl (C=O) groups excluding carboxylic acids is 1. The number of aliphatic carboxylic acids is 1. The molecular weight excluding hydrogens is 268 g/mol. The van der Waals surface area contributed by atoms with E-state index in [9.17, 15) is 14.7 Å². The summed E-state index contributed by atoms with van der Waals surface area (Å²) < 4.78 is 0. The van der Waals surface area contributed by atoms with Gasteiger partial charge in [-0.2, -0.15) is 0 Å². The molecule has 0 bridgehead atoms. The van der Waals surface area contributed by atoms with Gasteiger partial charge in [-0.25, -0.2) is 0 Å². The molecule has 1 aliphatic carbocycles. The fourth-order valence-electron chi connectivity index (χ4n) is 3.66. The summed E-state index contributed by atoms with van der Waals surface area (Å²) in [6, 6.07) is -0.413. The van der Waals surface area contributed by atoms with Gasteiger partial charge in [-0.1, -0.05) is 26.2 Å². The molecule has 0 aromatic heterocycles. The highest BCUT2D eigenvalue weighted by atomic mass is 16.4. The second kappa shape index (κ2) is 6.77. The molecule has 0 spiro atoms. The van der Waals surface area contributed by atoms with Crippen LogP contribution in [0.5, 0.6) is 0 Å². The first kappa shape index (κ1) is 16.3. The normalized spacial score (nSPS) is 37.0. The first-order valence-corrected chi connectivity index (χ1v) is 8.24. The van der Waals surface area contributed by atoms with Crippen LogP contribution in [0.1, 0.15) is 58.8 Å². The second-order valence-electron chi connectivity index (χ2n) is 6.83. The number of piperidine rings is 1. The van der Waals surface area contributed by atoms with Gasteiger partial charge in [0.05, 0.1) is 11.5 Å². The topological polar surface area (TPSA) is 78.4 Å². The van der Waals surface area contributed by atoms with E-state index in [0.717, 1.165) is 45.1 Å². The van der Waals surface area contributed by atoms with Gasteiger partial charge in [0.1, 0.15) is 0 Å². The number of carboxylic acids is 1. The fraction of sp³-hybridized carbons (Fsp3) is 0.875. The van der Waals surface area contributed by atoms with Crippen LogP contribution in [-0.4, -0.2) is 35.6 Å². The molecule has 0 aromatic carbocycles. The van der Waals surface area contributed by atoms with E-state index >= 15 is 0 Å². The van der Waals surface area contributed by atoms with Gasteiger partial charge in [-0.05, 0) is 45.1 Å². The van der Waals surface area contributed by atoms with Gasteiger partial charge in [-0.15, -0.1) is 0 Å². The summed E-state index contributed by atoms with van der Waals surface area (Å²) in [7, 11) is 0. The number of hydrogen-bond donors (Lipinski definition) is 3. The molecular formula is C16H28N2O3. The Morgan fingerprint density at radius 3 is 2.76 bits per heavy atom. The van der Waals surface area contributed by atoms with Crippen LogP contribution in [0.3, 0.4) is 0 Å². The molecule has 1 saturated heterocycles. The Morgan fingerprint density at radius 1 is 1.33 bits per heavy atom. The maximum atomic E-state index is 12.5. The lowest BCUT2D eigenvalue weighted by atomic mass is 9.71. The van der Waals surface area contributed by atoms with Gasteiger partial charge < -0.3 is 15.7 Å². The Bertz CT molecular complexity index is 399. The zero-order chi connectivity index (χ0) is 15.5. The Kier molecular flexibility index (Phi) is 5.25. The molecule has 1 saturated carbocycles. The van der Waals surface area contributed by atoms with Crippen molar-refractivity contribution in [1.29, 1.82) is 0 Å². The van der Waals surface area contributed by atoms with Gasteiger partial charge in [-0.3, -0.25) is 9.59 Å². The standard InChI is InChI=1S/C16H28N2O3/c1-3-11-7-9-17-12(10-11)14(19)18-13-6-4-5-8-16(13,2)15(20)21/h11-13,17H,3-10H2,1-2H3,(H,18,19)(H,20,21). The molecule has 1 amide bonds. The van der Waals surface area contributed by atoms with Gasteiger partial charge in [0, 0.05) is 6.04 Å². The smallest absolute Gasteiger partial charge is 0.311 e. The van der Waals surface area contributed by atoms with E-state index in [1.807, 2.05) is 0 Å². The van der Waals surface area contributed by atoms with Crippen LogP contribution in [0.15, 0.2) is 0 Å². The zero-order valence-corrected chi connectivity index (χ0v) is 13.2. The number of nitrogens with one attached hydrogen (secondary N) is 2. The molecule has 1 aliphatic heterocycles. The fourth-order valence-corrected chi connectivity index (χ4v) is 3.66. The largest absolute Gasteiger partial charge is 0.481 e. The summed E-state index contributed by atoms with van der Waals surface area (Å²) in [4.78, 5) is 24.0. The van der Waals surface area contributed by atoms with Crippen molar-refractivity contribution in [2.75, 3.05) is 6.54 Å². The molecule has 120 valence electrons. The van der Waals surface area contributed by atoms with Crippen LogP contribution < -0.4 is 10.6 Å². The van der Waals surface area contributed by atoms with Crippen LogP contribution in [0, 0.1) is 11.3 Å². The lowest BCUT2D eigenvalue weighted by Gasteiger charge is -2.39. The highest BCUT2D eigenvalue weighted by molar-refractivity contribution is 5.83. The first-order chi connectivity index (χ1) is 9.97. The summed E-state index contributed by atoms with van der Waals surface area (Å²) in [6.45, 7) is 4.80. The van der Waals surface area contributed by atoms with Crippen LogP contribution in [0.4, 0.5) is 0 Å². The van der Waals surface area contributed by atoms with Crippen LogP contribution in [0.25, 0.3) is 0 Å². The lowest BCUT2D eigenvalue weighted by Crippen LogP contribution is -2.57. The molecule has 5 nitrogen and oxygen atoms in total. The van der Waals surface area contributed by atoms with E-state index in [0.29, 0.717) is 12.3 Å². The summed E-state index contributed by atoms with van der Waals surface area (Å²) in [5.74, 6) is -0.220. The maximum Gasteiger partial charge on any atom is 0.311 e. The van der Waals surface area contributed by atoms with E-state index < -0.39 is 11.4 Å². The molecule has 2 aliphatic rings. The van der Waals surface area contributed by atoms with Gasteiger partial charge >= 0.3 is 5.97 Å². The zero-order valence-electron chi connectivity index (χ0n) is 13.2. The van der Waals surface area contributed by atoms with E-state index in [1.54, 1.807) is 6.92 Å². The summed E-state index contributed by atoms with van der Waals surface area (Å²) in [5.41, 5.74) is -0.827. The molecule has 4 atom stereocenters. The Labute approximate surface area is 126 Å². The van der Waals surface area contributed by atoms with Crippen molar-refractivity contribution >= 4 is 11.9 Å². The number of hydrogen-bond acceptors (Lipinski definition) is 3. The minimum atomic E-state index is -0.827. The number of carboxylic acid groups (broad SMARTS) is 1. The van der Waals surface area contributed by atoms with Crippen molar-refractivity contribution in [3.8, 4) is 0 Å². The molecule has 4 unspecified atom stereocenters. The van der Waals surface area contributed by atoms with Crippen molar-refractivity contribution in [3.05, 3.63) is 0 Å². The Morgan fingerprint density at radius 2 is 2.10 bits per heavy atom. The third-order valence-electron chi connectivity index (χ3n) is 5.42. The molecule has 5 heteroatoms. The van der Waals surface area contributed by atoms with E-state index in [4.69, 9.17) is 0 Å². The molecule has 0 radical (unpaired) electrons. The molecule has 2 rings (SSSR count). The lowest BCUT2D eigenvalue weighted by molar-refractivity contribution is -0.152. The average molecular weight is 296 g/mol. The molecule has 1 heterocycles. The van der Waals surface area contributed by atoms with Crippen molar-refractivity contribution in [1.82, 2.24) is 10.6 Å². The number of carbonyl (C=O) groups is 2. The summed E-state index contributed by atoms with van der Waals surface area (Å²) in [6.07, 6.45) is 6.40. The highest BCUT2D eigenvalue weighted by Gasteiger charge is 2.44. The van der Waals surface area contributed by atoms with Crippen molar-refractivity contribution < 1.29 is 14.7 Å². The first-order valence-electron chi connectivity index (χ1n) is 8.24. The monoisotopic (exact) mass is 296 g/mol. The van der Waals surface area contributed by atoms with E-state index in [1.165, 1.54) is 0 Å². The van der Waals surface area contributed by atoms with Crippen molar-refractivity contribution in [2.24, 2.45) is 11.3 Å². The maximum absolute atomic E-state index is 12.5. The van der Waals surface area contributed by atoms with Gasteiger partial charge in [0.15, 0.2) is 0 Å². The van der Waals surface area contributed by atoms with Crippen molar-refractivity contribution in [2.45, 2.75) is 70.9 Å². The van der Waals surface area contributed by atoms with Gasteiger partial charge in [0.2, 0.25) is 5.91 Å². The SMILES string of the molecule is CCC1CCNC(C(=O)NC2CCCCC2(C)C(=O)O)C1.